The van der Waals surface area contributed by atoms with Gasteiger partial charge in [0.2, 0.25) is 5.91 Å². The number of hydrogen-bond acceptors (Lipinski definition) is 2. The van der Waals surface area contributed by atoms with E-state index in [4.69, 9.17) is 12.2 Å². The first-order chi connectivity index (χ1) is 7.17. The summed E-state index contributed by atoms with van der Waals surface area (Å²) in [5.74, 6) is 2.67. The molecule has 1 aliphatic rings. The van der Waals surface area contributed by atoms with E-state index in [1.54, 1.807) is 4.90 Å². The third-order valence-electron chi connectivity index (χ3n) is 3.39. The van der Waals surface area contributed by atoms with Gasteiger partial charge in [-0.2, -0.15) is 0 Å². The molecule has 84 valence electrons. The normalized spacial score (nSPS) is 17.7. The summed E-state index contributed by atoms with van der Waals surface area (Å²) in [5.41, 5.74) is 5.80. The van der Waals surface area contributed by atoms with Gasteiger partial charge >= 0.3 is 0 Å². The smallest absolute Gasteiger partial charge is 0.223 e. The van der Waals surface area contributed by atoms with Crippen LogP contribution in [0.1, 0.15) is 32.6 Å². The quantitative estimate of drug-likeness (QED) is 0.685. The van der Waals surface area contributed by atoms with Crippen molar-refractivity contribution in [2.45, 2.75) is 32.6 Å². The lowest BCUT2D eigenvalue weighted by molar-refractivity contribution is -0.134. The van der Waals surface area contributed by atoms with Gasteiger partial charge in [0, 0.05) is 13.0 Å². The molecule has 1 rings (SSSR count). The van der Waals surface area contributed by atoms with Crippen LogP contribution >= 0.6 is 0 Å². The summed E-state index contributed by atoms with van der Waals surface area (Å²) in [7, 11) is 0. The van der Waals surface area contributed by atoms with Crippen LogP contribution in [0.5, 0.6) is 0 Å². The maximum absolute atomic E-state index is 11.9. The lowest BCUT2D eigenvalue weighted by atomic mass is 9.66. The van der Waals surface area contributed by atoms with Gasteiger partial charge in [0.15, 0.2) is 0 Å². The first-order valence-corrected chi connectivity index (χ1v) is 5.59. The van der Waals surface area contributed by atoms with Gasteiger partial charge < -0.3 is 10.6 Å². The maximum Gasteiger partial charge on any atom is 0.223 e. The molecule has 1 amide bonds. The van der Waals surface area contributed by atoms with E-state index < -0.39 is 0 Å². The summed E-state index contributed by atoms with van der Waals surface area (Å²) < 4.78 is 0. The van der Waals surface area contributed by atoms with Crippen molar-refractivity contribution in [2.24, 2.45) is 11.1 Å². The Labute approximate surface area is 92.0 Å². The molecule has 0 atom stereocenters. The van der Waals surface area contributed by atoms with Crippen molar-refractivity contribution in [3.05, 3.63) is 0 Å². The molecule has 1 saturated carbocycles. The molecular weight excluding hydrogens is 188 g/mol. The van der Waals surface area contributed by atoms with E-state index in [1.807, 2.05) is 6.92 Å². The highest BCUT2D eigenvalue weighted by atomic mass is 16.2. The van der Waals surface area contributed by atoms with Crippen molar-refractivity contribution in [2.75, 3.05) is 19.6 Å². The largest absolute Gasteiger partial charge is 0.332 e. The molecule has 0 aliphatic heterocycles. The summed E-state index contributed by atoms with van der Waals surface area (Å²) in [4.78, 5) is 13.6. The van der Waals surface area contributed by atoms with Crippen molar-refractivity contribution in [1.82, 2.24) is 4.90 Å². The predicted molar refractivity (Wildman–Crippen MR) is 61.0 cm³/mol. The zero-order valence-electron chi connectivity index (χ0n) is 9.46. The van der Waals surface area contributed by atoms with Gasteiger partial charge in [0.05, 0.1) is 6.54 Å². The molecule has 0 aromatic heterocycles. The van der Waals surface area contributed by atoms with Crippen LogP contribution in [0.25, 0.3) is 0 Å². The van der Waals surface area contributed by atoms with E-state index in [2.05, 4.69) is 5.92 Å². The summed E-state index contributed by atoms with van der Waals surface area (Å²) in [6.45, 7) is 3.66. The Morgan fingerprint density at radius 3 is 2.60 bits per heavy atom. The van der Waals surface area contributed by atoms with Gasteiger partial charge in [-0.15, -0.1) is 6.42 Å². The van der Waals surface area contributed by atoms with E-state index >= 15 is 0 Å². The van der Waals surface area contributed by atoms with Gasteiger partial charge in [0.1, 0.15) is 0 Å². The van der Waals surface area contributed by atoms with Crippen LogP contribution in [0.2, 0.25) is 0 Å². The standard InChI is InChI=1S/C12H20N2O/c1-3-8-14(4-2)11(15)9-12(10-13)6-5-7-12/h1H,4-10,13H2,2H3. The second kappa shape index (κ2) is 5.18. The van der Waals surface area contributed by atoms with E-state index in [-0.39, 0.29) is 11.3 Å². The van der Waals surface area contributed by atoms with Crippen LogP contribution in [0, 0.1) is 17.8 Å². The van der Waals surface area contributed by atoms with Crippen molar-refractivity contribution in [3.63, 3.8) is 0 Å². The number of nitrogens with two attached hydrogens (primary N) is 1. The summed E-state index contributed by atoms with van der Waals surface area (Å²) in [5, 5.41) is 0. The first-order valence-electron chi connectivity index (χ1n) is 5.59. The third kappa shape index (κ3) is 2.73. The molecule has 0 radical (unpaired) electrons. The summed E-state index contributed by atoms with van der Waals surface area (Å²) in [6, 6.07) is 0. The van der Waals surface area contributed by atoms with E-state index in [9.17, 15) is 4.79 Å². The van der Waals surface area contributed by atoms with E-state index in [0.717, 1.165) is 12.8 Å². The molecule has 1 fully saturated rings. The van der Waals surface area contributed by atoms with Crippen LogP contribution in [-0.4, -0.2) is 30.4 Å². The number of hydrogen-bond donors (Lipinski definition) is 1. The highest BCUT2D eigenvalue weighted by molar-refractivity contribution is 5.77. The van der Waals surface area contributed by atoms with Gasteiger partial charge in [-0.25, -0.2) is 0 Å². The molecule has 0 aromatic carbocycles. The molecule has 1 aliphatic carbocycles. The average molecular weight is 208 g/mol. The zero-order chi connectivity index (χ0) is 11.3. The molecule has 0 heterocycles. The van der Waals surface area contributed by atoms with Crippen molar-refractivity contribution < 1.29 is 4.79 Å². The number of rotatable bonds is 5. The van der Waals surface area contributed by atoms with Crippen LogP contribution in [-0.2, 0) is 4.79 Å². The minimum absolute atomic E-state index is 0.0824. The van der Waals surface area contributed by atoms with Gasteiger partial charge in [-0.1, -0.05) is 12.3 Å². The Hall–Kier alpha value is -1.01. The molecule has 15 heavy (non-hydrogen) atoms. The van der Waals surface area contributed by atoms with Crippen molar-refractivity contribution in [3.8, 4) is 12.3 Å². The zero-order valence-corrected chi connectivity index (χ0v) is 9.46. The molecular formula is C12H20N2O. The number of terminal acetylenes is 1. The fourth-order valence-electron chi connectivity index (χ4n) is 2.05. The SMILES string of the molecule is C#CCN(CC)C(=O)CC1(CN)CCC1. The van der Waals surface area contributed by atoms with Crippen LogP contribution in [0.4, 0.5) is 0 Å². The Bertz CT molecular complexity index is 258. The van der Waals surface area contributed by atoms with Crippen LogP contribution < -0.4 is 5.73 Å². The minimum atomic E-state index is 0.0824. The molecule has 0 spiro atoms. The molecule has 0 aromatic rings. The Morgan fingerprint density at radius 1 is 1.60 bits per heavy atom. The molecule has 0 bridgehead atoms. The van der Waals surface area contributed by atoms with E-state index in [1.165, 1.54) is 6.42 Å². The third-order valence-corrected chi connectivity index (χ3v) is 3.39. The first kappa shape index (κ1) is 12.1. The topological polar surface area (TPSA) is 46.3 Å². The minimum Gasteiger partial charge on any atom is -0.332 e. The fraction of sp³-hybridized carbons (Fsp3) is 0.750. The fourth-order valence-corrected chi connectivity index (χ4v) is 2.05. The van der Waals surface area contributed by atoms with Gasteiger partial charge in [-0.3, -0.25) is 4.79 Å². The molecule has 2 N–H and O–H groups in total. The number of nitrogens with zero attached hydrogens (tertiary/aromatic N) is 1. The Kier molecular flexibility index (Phi) is 4.16. The van der Waals surface area contributed by atoms with Crippen LogP contribution in [0.15, 0.2) is 0 Å². The lowest BCUT2D eigenvalue weighted by Crippen LogP contribution is -2.43. The second-order valence-corrected chi connectivity index (χ2v) is 4.35. The highest BCUT2D eigenvalue weighted by Gasteiger charge is 2.38. The number of carbonyl (C=O) groups is 1. The van der Waals surface area contributed by atoms with Crippen LogP contribution in [0.3, 0.4) is 0 Å². The molecule has 0 unspecified atom stereocenters. The summed E-state index contributed by atoms with van der Waals surface area (Å²) >= 11 is 0. The monoisotopic (exact) mass is 208 g/mol. The van der Waals surface area contributed by atoms with Crippen molar-refractivity contribution in [1.29, 1.82) is 0 Å². The predicted octanol–water partition coefficient (Wildman–Crippen LogP) is 0.987. The lowest BCUT2D eigenvalue weighted by Gasteiger charge is -2.41. The Balaban J connectivity index is 2.49. The number of carbonyl (C=O) groups excluding carboxylic acids is 1. The van der Waals surface area contributed by atoms with Crippen molar-refractivity contribution >= 4 is 5.91 Å². The van der Waals surface area contributed by atoms with Gasteiger partial charge in [-0.05, 0) is 31.7 Å². The average Bonchev–Trinajstić information content (AvgIpc) is 2.19. The molecule has 3 heteroatoms. The number of amides is 1. The highest BCUT2D eigenvalue weighted by Crippen LogP contribution is 2.43. The van der Waals surface area contributed by atoms with E-state index in [0.29, 0.717) is 26.1 Å². The molecule has 0 saturated heterocycles. The van der Waals surface area contributed by atoms with Gasteiger partial charge in [0.25, 0.3) is 0 Å². The Morgan fingerprint density at radius 2 is 2.27 bits per heavy atom. The summed E-state index contributed by atoms with van der Waals surface area (Å²) in [6.07, 6.45) is 9.16. The molecule has 3 nitrogen and oxygen atoms in total. The maximum atomic E-state index is 11.9. The second-order valence-electron chi connectivity index (χ2n) is 4.35.